The molecule has 0 saturated heterocycles. The molecule has 1 aromatic carbocycles. The lowest BCUT2D eigenvalue weighted by Crippen LogP contribution is -2.14. The van der Waals surface area contributed by atoms with Crippen LogP contribution >= 0.6 is 0 Å². The summed E-state index contributed by atoms with van der Waals surface area (Å²) in [7, 11) is 0. The van der Waals surface area contributed by atoms with Crippen LogP contribution in [0.2, 0.25) is 0 Å². The fraction of sp³-hybridized carbons (Fsp3) is 0.400. The van der Waals surface area contributed by atoms with E-state index in [1.807, 2.05) is 12.4 Å². The molecule has 1 N–H and O–H groups in total. The van der Waals surface area contributed by atoms with Crippen LogP contribution in [-0.4, -0.2) is 11.5 Å². The molecule has 17 heavy (non-hydrogen) atoms. The Hall–Kier alpha value is -1.41. The van der Waals surface area contributed by atoms with Crippen molar-refractivity contribution in [1.82, 2.24) is 10.3 Å². The van der Waals surface area contributed by atoms with E-state index in [9.17, 15) is 0 Å². The third-order valence-electron chi connectivity index (χ3n) is 3.04. The number of fused-ring (bicyclic) bond motifs is 1. The summed E-state index contributed by atoms with van der Waals surface area (Å²) >= 11 is 0. The molecule has 0 aliphatic rings. The van der Waals surface area contributed by atoms with Gasteiger partial charge in [0.1, 0.15) is 0 Å². The van der Waals surface area contributed by atoms with Gasteiger partial charge in [-0.05, 0) is 30.0 Å². The van der Waals surface area contributed by atoms with Crippen molar-refractivity contribution >= 4 is 10.8 Å². The van der Waals surface area contributed by atoms with Crippen molar-refractivity contribution in [2.45, 2.75) is 32.7 Å². The van der Waals surface area contributed by atoms with Crippen molar-refractivity contribution in [3.63, 3.8) is 0 Å². The molecule has 0 aliphatic heterocycles. The quantitative estimate of drug-likeness (QED) is 0.765. The first-order valence-electron chi connectivity index (χ1n) is 6.44. The predicted octanol–water partition coefficient (Wildman–Crippen LogP) is 3.51. The maximum atomic E-state index is 4.15. The molecular weight excluding hydrogens is 208 g/mol. The molecule has 0 aliphatic carbocycles. The van der Waals surface area contributed by atoms with E-state index in [0.717, 1.165) is 13.1 Å². The highest BCUT2D eigenvalue weighted by molar-refractivity contribution is 5.84. The Morgan fingerprint density at radius 3 is 3.00 bits per heavy atom. The van der Waals surface area contributed by atoms with E-state index in [1.54, 1.807) is 0 Å². The largest absolute Gasteiger partial charge is 0.313 e. The van der Waals surface area contributed by atoms with Gasteiger partial charge in [-0.3, -0.25) is 4.98 Å². The summed E-state index contributed by atoms with van der Waals surface area (Å²) in [4.78, 5) is 4.15. The third-order valence-corrected chi connectivity index (χ3v) is 3.04. The number of pyridine rings is 1. The van der Waals surface area contributed by atoms with E-state index in [0.29, 0.717) is 0 Å². The molecule has 2 aromatic rings. The average Bonchev–Trinajstić information content (AvgIpc) is 2.39. The monoisotopic (exact) mass is 228 g/mol. The smallest absolute Gasteiger partial charge is 0.0346 e. The van der Waals surface area contributed by atoms with Gasteiger partial charge in [0.15, 0.2) is 0 Å². The van der Waals surface area contributed by atoms with Crippen molar-refractivity contribution in [3.8, 4) is 0 Å². The molecule has 2 heteroatoms. The lowest BCUT2D eigenvalue weighted by atomic mass is 10.1. The van der Waals surface area contributed by atoms with Crippen molar-refractivity contribution in [3.05, 3.63) is 42.2 Å². The Morgan fingerprint density at radius 1 is 1.18 bits per heavy atom. The summed E-state index contributed by atoms with van der Waals surface area (Å²) in [6.45, 7) is 4.29. The van der Waals surface area contributed by atoms with Crippen LogP contribution < -0.4 is 5.32 Å². The van der Waals surface area contributed by atoms with E-state index >= 15 is 0 Å². The lowest BCUT2D eigenvalue weighted by molar-refractivity contribution is 0.618. The molecule has 2 rings (SSSR count). The Kier molecular flexibility index (Phi) is 4.51. The highest BCUT2D eigenvalue weighted by atomic mass is 14.8. The minimum atomic E-state index is 0.949. The number of nitrogens with zero attached hydrogens (tertiary/aromatic N) is 1. The van der Waals surface area contributed by atoms with Crippen molar-refractivity contribution in [1.29, 1.82) is 0 Å². The Balaban J connectivity index is 1.98. The molecule has 0 amide bonds. The van der Waals surface area contributed by atoms with Gasteiger partial charge < -0.3 is 5.32 Å². The van der Waals surface area contributed by atoms with Crippen molar-refractivity contribution in [2.75, 3.05) is 6.54 Å². The van der Waals surface area contributed by atoms with Gasteiger partial charge in [0.25, 0.3) is 0 Å². The van der Waals surface area contributed by atoms with E-state index in [2.05, 4.69) is 41.5 Å². The van der Waals surface area contributed by atoms with E-state index < -0.39 is 0 Å². The van der Waals surface area contributed by atoms with Gasteiger partial charge in [-0.15, -0.1) is 0 Å². The Bertz CT molecular complexity index is 460. The number of hydrogen-bond acceptors (Lipinski definition) is 2. The molecule has 1 heterocycles. The number of benzene rings is 1. The molecule has 0 bridgehead atoms. The number of rotatable bonds is 6. The summed E-state index contributed by atoms with van der Waals surface area (Å²) < 4.78 is 0. The van der Waals surface area contributed by atoms with E-state index in [4.69, 9.17) is 0 Å². The fourth-order valence-corrected chi connectivity index (χ4v) is 2.07. The van der Waals surface area contributed by atoms with Gasteiger partial charge in [-0.25, -0.2) is 0 Å². The van der Waals surface area contributed by atoms with Gasteiger partial charge >= 0.3 is 0 Å². The molecule has 0 fully saturated rings. The SMILES string of the molecule is CCCCCNCc1cccc2cnccc12. The van der Waals surface area contributed by atoms with Crippen LogP contribution in [0.15, 0.2) is 36.7 Å². The number of unbranched alkanes of at least 4 members (excludes halogenated alkanes) is 2. The maximum Gasteiger partial charge on any atom is 0.0346 e. The first kappa shape index (κ1) is 12.1. The first-order valence-corrected chi connectivity index (χ1v) is 6.44. The highest BCUT2D eigenvalue weighted by Crippen LogP contribution is 2.17. The van der Waals surface area contributed by atoms with Crippen molar-refractivity contribution < 1.29 is 0 Å². The zero-order chi connectivity index (χ0) is 11.9. The molecule has 0 atom stereocenters. The van der Waals surface area contributed by atoms with Gasteiger partial charge in [-0.2, -0.15) is 0 Å². The van der Waals surface area contributed by atoms with Crippen LogP contribution in [-0.2, 0) is 6.54 Å². The molecule has 2 nitrogen and oxygen atoms in total. The van der Waals surface area contributed by atoms with Crippen LogP contribution in [0, 0.1) is 0 Å². The van der Waals surface area contributed by atoms with E-state index in [-0.39, 0.29) is 0 Å². The summed E-state index contributed by atoms with van der Waals surface area (Å²) in [5.41, 5.74) is 1.36. The Morgan fingerprint density at radius 2 is 2.12 bits per heavy atom. The molecule has 0 saturated carbocycles. The topological polar surface area (TPSA) is 24.9 Å². The second-order valence-corrected chi connectivity index (χ2v) is 4.40. The van der Waals surface area contributed by atoms with Crippen LogP contribution in [0.25, 0.3) is 10.8 Å². The van der Waals surface area contributed by atoms with Crippen LogP contribution in [0.1, 0.15) is 31.7 Å². The number of aromatic nitrogens is 1. The molecule has 0 radical (unpaired) electrons. The number of nitrogens with one attached hydrogen (secondary N) is 1. The predicted molar refractivity (Wildman–Crippen MR) is 73.0 cm³/mol. The fourth-order valence-electron chi connectivity index (χ4n) is 2.07. The van der Waals surface area contributed by atoms with Crippen LogP contribution in [0.5, 0.6) is 0 Å². The zero-order valence-corrected chi connectivity index (χ0v) is 10.4. The molecular formula is C15H20N2. The highest BCUT2D eigenvalue weighted by Gasteiger charge is 1.99. The normalized spacial score (nSPS) is 10.9. The van der Waals surface area contributed by atoms with Crippen LogP contribution in [0.3, 0.4) is 0 Å². The molecule has 90 valence electrons. The average molecular weight is 228 g/mol. The molecule has 0 spiro atoms. The summed E-state index contributed by atoms with van der Waals surface area (Å²) in [6, 6.07) is 8.50. The summed E-state index contributed by atoms with van der Waals surface area (Å²) in [6.07, 6.45) is 7.65. The van der Waals surface area contributed by atoms with Gasteiger partial charge in [0.05, 0.1) is 0 Å². The van der Waals surface area contributed by atoms with E-state index in [1.165, 1.54) is 35.6 Å². The van der Waals surface area contributed by atoms with Gasteiger partial charge in [-0.1, -0.05) is 38.0 Å². The lowest BCUT2D eigenvalue weighted by Gasteiger charge is -2.07. The summed E-state index contributed by atoms with van der Waals surface area (Å²) in [5, 5.41) is 6.04. The van der Waals surface area contributed by atoms with Gasteiger partial charge in [0, 0.05) is 24.3 Å². The minimum absolute atomic E-state index is 0.949. The summed E-state index contributed by atoms with van der Waals surface area (Å²) in [5.74, 6) is 0. The molecule has 0 unspecified atom stereocenters. The van der Waals surface area contributed by atoms with Gasteiger partial charge in [0.2, 0.25) is 0 Å². The number of hydrogen-bond donors (Lipinski definition) is 1. The second-order valence-electron chi connectivity index (χ2n) is 4.40. The Labute approximate surface area is 103 Å². The third kappa shape index (κ3) is 3.27. The van der Waals surface area contributed by atoms with Crippen LogP contribution in [0.4, 0.5) is 0 Å². The van der Waals surface area contributed by atoms with Crippen molar-refractivity contribution in [2.24, 2.45) is 0 Å². The minimum Gasteiger partial charge on any atom is -0.313 e. The zero-order valence-electron chi connectivity index (χ0n) is 10.4. The maximum absolute atomic E-state index is 4.15. The first-order chi connectivity index (χ1) is 8.42. The second kappa shape index (κ2) is 6.36. The molecule has 1 aromatic heterocycles. The standard InChI is InChI=1S/C15H20N2/c1-2-3-4-9-16-11-13-6-5-7-14-12-17-10-8-15(13)14/h5-8,10,12,16H,2-4,9,11H2,1H3.